The number of halogens is 2. The molecule has 3 N–H and O–H groups in total. The number of nitrogens with two attached hydrogens (primary N) is 1. The fourth-order valence-corrected chi connectivity index (χ4v) is 3.21. The third-order valence-corrected chi connectivity index (χ3v) is 4.43. The quantitative estimate of drug-likeness (QED) is 0.656. The van der Waals surface area contributed by atoms with Crippen molar-refractivity contribution in [3.63, 3.8) is 0 Å². The van der Waals surface area contributed by atoms with E-state index in [-0.39, 0.29) is 5.82 Å². The minimum atomic E-state index is -0.365. The van der Waals surface area contributed by atoms with Gasteiger partial charge in [0.25, 0.3) is 0 Å². The Kier molecular flexibility index (Phi) is 4.84. The number of hydrogen-bond donors (Lipinski definition) is 2. The summed E-state index contributed by atoms with van der Waals surface area (Å²) in [5.41, 5.74) is 9.87. The van der Waals surface area contributed by atoms with Crippen LogP contribution in [-0.4, -0.2) is 11.5 Å². The van der Waals surface area contributed by atoms with Gasteiger partial charge in [0.05, 0.1) is 22.3 Å². The second-order valence-corrected chi connectivity index (χ2v) is 6.13. The number of aromatic nitrogens is 1. The topological polar surface area (TPSA) is 65.6 Å². The van der Waals surface area contributed by atoms with Gasteiger partial charge in [-0.3, -0.25) is 0 Å². The zero-order valence-electron chi connectivity index (χ0n) is 13.1. The highest BCUT2D eigenvalue weighted by Gasteiger charge is 2.16. The molecule has 3 nitrogen and oxygen atoms in total. The summed E-state index contributed by atoms with van der Waals surface area (Å²) in [5, 5.41) is 10.5. The van der Waals surface area contributed by atoms with Crippen LogP contribution in [0, 0.1) is 17.1 Å². The number of benzene rings is 2. The highest BCUT2D eigenvalue weighted by Crippen LogP contribution is 2.36. The molecule has 0 aliphatic heterocycles. The molecule has 122 valence electrons. The van der Waals surface area contributed by atoms with Gasteiger partial charge >= 0.3 is 0 Å². The Hall–Kier alpha value is -2.35. The summed E-state index contributed by atoms with van der Waals surface area (Å²) < 4.78 is 13.4. The van der Waals surface area contributed by atoms with Gasteiger partial charge in [0.1, 0.15) is 5.82 Å². The van der Waals surface area contributed by atoms with Crippen LogP contribution in [0.1, 0.15) is 24.0 Å². The van der Waals surface area contributed by atoms with Crippen molar-refractivity contribution in [2.24, 2.45) is 5.73 Å². The molecule has 0 aliphatic carbocycles. The second kappa shape index (κ2) is 7.04. The molecule has 2 aromatic carbocycles. The van der Waals surface area contributed by atoms with Crippen molar-refractivity contribution < 1.29 is 4.39 Å². The molecule has 0 fully saturated rings. The average molecular weight is 342 g/mol. The lowest BCUT2D eigenvalue weighted by Crippen LogP contribution is -1.99. The van der Waals surface area contributed by atoms with E-state index in [4.69, 9.17) is 22.6 Å². The minimum Gasteiger partial charge on any atom is -0.354 e. The fraction of sp³-hybridized carbons (Fsp3) is 0.211. The highest BCUT2D eigenvalue weighted by atomic mass is 35.5. The van der Waals surface area contributed by atoms with Crippen molar-refractivity contribution >= 4 is 22.5 Å². The molecule has 0 bridgehead atoms. The van der Waals surface area contributed by atoms with Crippen molar-refractivity contribution in [1.29, 1.82) is 5.26 Å². The third-order valence-electron chi connectivity index (χ3n) is 4.12. The number of rotatable bonds is 5. The van der Waals surface area contributed by atoms with Gasteiger partial charge in [-0.05, 0) is 67.8 Å². The van der Waals surface area contributed by atoms with Crippen LogP contribution in [0.5, 0.6) is 0 Å². The number of nitriles is 1. The molecular formula is C19H17ClFN3. The molecule has 0 saturated carbocycles. The van der Waals surface area contributed by atoms with Gasteiger partial charge in [-0.2, -0.15) is 5.26 Å². The number of H-pyrrole nitrogens is 1. The number of hydrogen-bond acceptors (Lipinski definition) is 2. The van der Waals surface area contributed by atoms with E-state index < -0.39 is 0 Å². The second-order valence-electron chi connectivity index (χ2n) is 5.72. The summed E-state index contributed by atoms with van der Waals surface area (Å²) >= 11 is 6.25. The van der Waals surface area contributed by atoms with Gasteiger partial charge in [0.15, 0.2) is 0 Å². The number of unbranched alkanes of at least 4 members (excludes halogenated alkanes) is 1. The molecule has 0 amide bonds. The maximum absolute atomic E-state index is 13.4. The molecule has 3 aromatic rings. The molecule has 0 aliphatic rings. The van der Waals surface area contributed by atoms with Crippen LogP contribution in [0.2, 0.25) is 5.02 Å². The maximum atomic E-state index is 13.4. The summed E-state index contributed by atoms with van der Waals surface area (Å²) in [5.74, 6) is -0.365. The molecule has 0 atom stereocenters. The van der Waals surface area contributed by atoms with Crippen molar-refractivity contribution in [1.82, 2.24) is 4.98 Å². The standard InChI is InChI=1S/C19H17ClFN3/c20-17-10-13(21)5-6-15(17)19-14(3-1-2-8-22)16-9-12(11-23)4-7-18(16)24-19/h4-7,9-10,24H,1-3,8,22H2. The molecule has 0 saturated heterocycles. The van der Waals surface area contributed by atoms with E-state index in [1.165, 1.54) is 12.1 Å². The van der Waals surface area contributed by atoms with Crippen LogP contribution in [0.15, 0.2) is 36.4 Å². The first-order valence-electron chi connectivity index (χ1n) is 7.84. The number of nitrogens with zero attached hydrogens (tertiary/aromatic N) is 1. The predicted octanol–water partition coefficient (Wildman–Crippen LogP) is 4.78. The number of nitrogens with one attached hydrogen (secondary N) is 1. The van der Waals surface area contributed by atoms with E-state index in [0.29, 0.717) is 17.1 Å². The third kappa shape index (κ3) is 3.14. The number of fused-ring (bicyclic) bond motifs is 1. The average Bonchev–Trinajstić information content (AvgIpc) is 2.92. The van der Waals surface area contributed by atoms with Crippen molar-refractivity contribution in [3.05, 3.63) is 58.4 Å². The van der Waals surface area contributed by atoms with Gasteiger partial charge in [0.2, 0.25) is 0 Å². The molecule has 3 rings (SSSR count). The molecule has 0 unspecified atom stereocenters. The Morgan fingerprint density at radius 1 is 1.17 bits per heavy atom. The Balaban J connectivity index is 2.18. The van der Waals surface area contributed by atoms with Crippen LogP contribution in [0.3, 0.4) is 0 Å². The Morgan fingerprint density at radius 3 is 2.71 bits per heavy atom. The molecule has 0 spiro atoms. The van der Waals surface area contributed by atoms with E-state index >= 15 is 0 Å². The highest BCUT2D eigenvalue weighted by molar-refractivity contribution is 6.33. The van der Waals surface area contributed by atoms with E-state index in [9.17, 15) is 4.39 Å². The molecular weight excluding hydrogens is 325 g/mol. The van der Waals surface area contributed by atoms with Gasteiger partial charge < -0.3 is 10.7 Å². The van der Waals surface area contributed by atoms with E-state index in [1.807, 2.05) is 12.1 Å². The monoisotopic (exact) mass is 341 g/mol. The van der Waals surface area contributed by atoms with Crippen LogP contribution in [-0.2, 0) is 6.42 Å². The normalized spacial score (nSPS) is 10.9. The number of aryl methyl sites for hydroxylation is 1. The summed E-state index contributed by atoms with van der Waals surface area (Å²) in [4.78, 5) is 3.37. The maximum Gasteiger partial charge on any atom is 0.124 e. The molecule has 0 radical (unpaired) electrons. The minimum absolute atomic E-state index is 0.363. The summed E-state index contributed by atoms with van der Waals surface area (Å²) in [6.45, 7) is 0.637. The SMILES string of the molecule is N#Cc1ccc2[nH]c(-c3ccc(F)cc3Cl)c(CCCCN)c2c1. The molecule has 24 heavy (non-hydrogen) atoms. The lowest BCUT2D eigenvalue weighted by molar-refractivity contribution is 0.628. The van der Waals surface area contributed by atoms with E-state index in [2.05, 4.69) is 11.1 Å². The first-order chi connectivity index (χ1) is 11.6. The smallest absolute Gasteiger partial charge is 0.124 e. The lowest BCUT2D eigenvalue weighted by atomic mass is 9.99. The molecule has 1 heterocycles. The predicted molar refractivity (Wildman–Crippen MR) is 95.4 cm³/mol. The zero-order chi connectivity index (χ0) is 17.1. The van der Waals surface area contributed by atoms with E-state index in [0.717, 1.165) is 47.0 Å². The van der Waals surface area contributed by atoms with Crippen molar-refractivity contribution in [2.75, 3.05) is 6.54 Å². The summed E-state index contributed by atoms with van der Waals surface area (Å²) in [6, 6.07) is 12.1. The molecule has 5 heteroatoms. The Bertz CT molecular complexity index is 924. The summed E-state index contributed by atoms with van der Waals surface area (Å²) in [6.07, 6.45) is 2.67. The molecule has 1 aromatic heterocycles. The Morgan fingerprint density at radius 2 is 2.00 bits per heavy atom. The number of aromatic amines is 1. The van der Waals surface area contributed by atoms with Crippen LogP contribution in [0.4, 0.5) is 4.39 Å². The zero-order valence-corrected chi connectivity index (χ0v) is 13.8. The van der Waals surface area contributed by atoms with Crippen molar-refractivity contribution in [2.45, 2.75) is 19.3 Å². The van der Waals surface area contributed by atoms with Crippen LogP contribution in [0.25, 0.3) is 22.2 Å². The Labute approximate surface area is 144 Å². The van der Waals surface area contributed by atoms with Crippen molar-refractivity contribution in [3.8, 4) is 17.3 Å². The first-order valence-corrected chi connectivity index (χ1v) is 8.22. The van der Waals surface area contributed by atoms with Crippen LogP contribution < -0.4 is 5.73 Å². The van der Waals surface area contributed by atoms with Crippen LogP contribution >= 0.6 is 11.6 Å². The van der Waals surface area contributed by atoms with Gasteiger partial charge in [-0.15, -0.1) is 0 Å². The summed E-state index contributed by atoms with van der Waals surface area (Å²) in [7, 11) is 0. The fourth-order valence-electron chi connectivity index (χ4n) is 2.95. The lowest BCUT2D eigenvalue weighted by Gasteiger charge is -2.07. The van der Waals surface area contributed by atoms with Gasteiger partial charge in [-0.1, -0.05) is 11.6 Å². The van der Waals surface area contributed by atoms with Gasteiger partial charge in [0, 0.05) is 16.5 Å². The van der Waals surface area contributed by atoms with E-state index in [1.54, 1.807) is 12.1 Å². The van der Waals surface area contributed by atoms with Gasteiger partial charge in [-0.25, -0.2) is 4.39 Å². The first kappa shape index (κ1) is 16.5. The largest absolute Gasteiger partial charge is 0.354 e.